The molecule has 19 heavy (non-hydrogen) atoms. The van der Waals surface area contributed by atoms with Gasteiger partial charge in [0, 0.05) is 16.7 Å². The Hall–Kier alpha value is -1.03. The van der Waals surface area contributed by atoms with E-state index in [1.807, 2.05) is 35.7 Å². The Kier molecular flexibility index (Phi) is 4.50. The maximum absolute atomic E-state index is 6.17. The van der Waals surface area contributed by atoms with Crippen LogP contribution in [0.15, 0.2) is 35.7 Å². The summed E-state index contributed by atoms with van der Waals surface area (Å²) in [6.07, 6.45) is 0.748. The second kappa shape index (κ2) is 5.95. The smallest absolute Gasteiger partial charge is 0.141 e. The van der Waals surface area contributed by atoms with Crippen LogP contribution in [0.2, 0.25) is 5.02 Å². The minimum atomic E-state index is -0.429. The number of halogens is 1. The predicted octanol–water partition coefficient (Wildman–Crippen LogP) is 4.35. The molecule has 1 aromatic carbocycles. The molecule has 0 radical (unpaired) electrons. The van der Waals surface area contributed by atoms with Gasteiger partial charge >= 0.3 is 0 Å². The second-order valence-electron chi connectivity index (χ2n) is 4.81. The summed E-state index contributed by atoms with van der Waals surface area (Å²) in [6, 6.07) is 10.0. The quantitative estimate of drug-likeness (QED) is 0.890. The molecule has 102 valence electrons. The van der Waals surface area contributed by atoms with Crippen molar-refractivity contribution in [2.45, 2.75) is 25.9 Å². The number of hydrogen-bond acceptors (Lipinski definition) is 3. The first kappa shape index (κ1) is 14.4. The van der Waals surface area contributed by atoms with Crippen LogP contribution in [0.25, 0.3) is 0 Å². The molecule has 2 rings (SSSR count). The van der Waals surface area contributed by atoms with Crippen LogP contribution >= 0.6 is 22.9 Å². The summed E-state index contributed by atoms with van der Waals surface area (Å²) in [5, 5.41) is 2.67. The van der Waals surface area contributed by atoms with Gasteiger partial charge in [0.05, 0.1) is 5.02 Å². The van der Waals surface area contributed by atoms with E-state index in [2.05, 4.69) is 13.8 Å². The van der Waals surface area contributed by atoms with E-state index in [0.717, 1.165) is 22.1 Å². The van der Waals surface area contributed by atoms with Gasteiger partial charge in [-0.1, -0.05) is 29.3 Å². The standard InChI is InChI=1S/C15H18ClNOS/c1-11-3-5-13(6-4-11)18-15(2,7-8-17)14-9-12(16)10-19-14/h3-6,9-10H,7-8,17H2,1-2H3. The molecule has 1 unspecified atom stereocenters. The lowest BCUT2D eigenvalue weighted by molar-refractivity contribution is 0.0836. The molecule has 0 aliphatic heterocycles. The van der Waals surface area contributed by atoms with Crippen LogP contribution in [0.4, 0.5) is 0 Å². The lowest BCUT2D eigenvalue weighted by Crippen LogP contribution is -2.31. The lowest BCUT2D eigenvalue weighted by Gasteiger charge is -2.29. The monoisotopic (exact) mass is 295 g/mol. The zero-order chi connectivity index (χ0) is 13.9. The van der Waals surface area contributed by atoms with Crippen molar-refractivity contribution in [3.8, 4) is 5.75 Å². The summed E-state index contributed by atoms with van der Waals surface area (Å²) >= 11 is 7.62. The molecule has 0 saturated carbocycles. The summed E-state index contributed by atoms with van der Waals surface area (Å²) in [5.41, 5.74) is 6.51. The van der Waals surface area contributed by atoms with Crippen molar-refractivity contribution in [2.24, 2.45) is 5.73 Å². The topological polar surface area (TPSA) is 35.2 Å². The minimum absolute atomic E-state index is 0.429. The number of hydrogen-bond donors (Lipinski definition) is 1. The van der Waals surface area contributed by atoms with E-state index in [1.54, 1.807) is 11.3 Å². The van der Waals surface area contributed by atoms with Crippen LogP contribution in [0.1, 0.15) is 23.8 Å². The van der Waals surface area contributed by atoms with E-state index in [9.17, 15) is 0 Å². The Morgan fingerprint density at radius 2 is 2.00 bits per heavy atom. The summed E-state index contributed by atoms with van der Waals surface area (Å²) in [5.74, 6) is 0.853. The lowest BCUT2D eigenvalue weighted by atomic mass is 10.00. The Balaban J connectivity index is 2.26. The number of ether oxygens (including phenoxy) is 1. The molecular weight excluding hydrogens is 278 g/mol. The summed E-state index contributed by atoms with van der Waals surface area (Å²) in [4.78, 5) is 1.10. The van der Waals surface area contributed by atoms with Crippen LogP contribution in [-0.4, -0.2) is 6.54 Å². The van der Waals surface area contributed by atoms with Gasteiger partial charge in [-0.3, -0.25) is 0 Å². The van der Waals surface area contributed by atoms with Crippen LogP contribution in [0, 0.1) is 6.92 Å². The number of rotatable bonds is 5. The van der Waals surface area contributed by atoms with E-state index < -0.39 is 5.60 Å². The summed E-state index contributed by atoms with van der Waals surface area (Å²) in [6.45, 7) is 4.68. The fourth-order valence-corrected chi connectivity index (χ4v) is 3.16. The van der Waals surface area contributed by atoms with Gasteiger partial charge in [0.25, 0.3) is 0 Å². The van der Waals surface area contributed by atoms with Crippen molar-refractivity contribution >= 4 is 22.9 Å². The average molecular weight is 296 g/mol. The fraction of sp³-hybridized carbons (Fsp3) is 0.333. The molecule has 1 aromatic heterocycles. The molecule has 2 aromatic rings. The van der Waals surface area contributed by atoms with E-state index in [4.69, 9.17) is 22.1 Å². The molecule has 2 N–H and O–H groups in total. The highest BCUT2D eigenvalue weighted by molar-refractivity contribution is 7.10. The van der Waals surface area contributed by atoms with Gasteiger partial charge in [0.1, 0.15) is 11.4 Å². The number of nitrogens with two attached hydrogens (primary N) is 1. The highest BCUT2D eigenvalue weighted by Gasteiger charge is 2.30. The van der Waals surface area contributed by atoms with Crippen LogP contribution < -0.4 is 10.5 Å². The molecule has 0 aliphatic carbocycles. The van der Waals surface area contributed by atoms with E-state index >= 15 is 0 Å². The first-order valence-electron chi connectivity index (χ1n) is 6.24. The zero-order valence-electron chi connectivity index (χ0n) is 11.2. The average Bonchev–Trinajstić information content (AvgIpc) is 2.80. The third-order valence-corrected chi connectivity index (χ3v) is 4.60. The van der Waals surface area contributed by atoms with Crippen LogP contribution in [0.3, 0.4) is 0 Å². The normalized spacial score (nSPS) is 14.1. The van der Waals surface area contributed by atoms with Crippen molar-refractivity contribution in [2.75, 3.05) is 6.54 Å². The Bertz CT molecular complexity index is 537. The van der Waals surface area contributed by atoms with Gasteiger partial charge in [-0.15, -0.1) is 11.3 Å². The van der Waals surface area contributed by atoms with Crippen molar-refractivity contribution < 1.29 is 4.74 Å². The Morgan fingerprint density at radius 3 is 2.53 bits per heavy atom. The van der Waals surface area contributed by atoms with Crippen molar-refractivity contribution in [3.63, 3.8) is 0 Å². The molecule has 0 amide bonds. The molecule has 1 heterocycles. The highest BCUT2D eigenvalue weighted by atomic mass is 35.5. The van der Waals surface area contributed by atoms with Crippen molar-refractivity contribution in [3.05, 3.63) is 51.2 Å². The Labute approximate surface area is 123 Å². The molecular formula is C15H18ClNOS. The molecule has 1 atom stereocenters. The first-order valence-corrected chi connectivity index (χ1v) is 7.49. The predicted molar refractivity (Wildman–Crippen MR) is 82.2 cm³/mol. The summed E-state index contributed by atoms with van der Waals surface area (Å²) < 4.78 is 6.17. The van der Waals surface area contributed by atoms with E-state index in [-0.39, 0.29) is 0 Å². The van der Waals surface area contributed by atoms with Gasteiger partial charge in [0.15, 0.2) is 0 Å². The SMILES string of the molecule is Cc1ccc(OC(C)(CCN)c2cc(Cl)cs2)cc1. The Morgan fingerprint density at radius 1 is 1.32 bits per heavy atom. The minimum Gasteiger partial charge on any atom is -0.482 e. The zero-order valence-corrected chi connectivity index (χ0v) is 12.7. The second-order valence-corrected chi connectivity index (χ2v) is 6.16. The molecule has 0 bridgehead atoms. The molecule has 0 saturated heterocycles. The first-order chi connectivity index (χ1) is 9.03. The van der Waals surface area contributed by atoms with Crippen LogP contribution in [0.5, 0.6) is 5.75 Å². The van der Waals surface area contributed by atoms with E-state index in [1.165, 1.54) is 5.56 Å². The molecule has 0 fully saturated rings. The number of benzene rings is 1. The maximum Gasteiger partial charge on any atom is 0.141 e. The van der Waals surface area contributed by atoms with Crippen LogP contribution in [-0.2, 0) is 5.60 Å². The van der Waals surface area contributed by atoms with Gasteiger partial charge in [-0.2, -0.15) is 0 Å². The largest absolute Gasteiger partial charge is 0.482 e. The van der Waals surface area contributed by atoms with E-state index in [0.29, 0.717) is 6.54 Å². The number of aryl methyl sites for hydroxylation is 1. The van der Waals surface area contributed by atoms with Gasteiger partial charge < -0.3 is 10.5 Å². The third kappa shape index (κ3) is 3.50. The fourth-order valence-electron chi connectivity index (χ4n) is 1.96. The highest BCUT2D eigenvalue weighted by Crippen LogP contribution is 2.36. The summed E-state index contributed by atoms with van der Waals surface area (Å²) in [7, 11) is 0. The van der Waals surface area contributed by atoms with Crippen molar-refractivity contribution in [1.29, 1.82) is 0 Å². The van der Waals surface area contributed by atoms with Gasteiger partial charge in [-0.25, -0.2) is 0 Å². The molecule has 0 spiro atoms. The number of thiophene rings is 1. The maximum atomic E-state index is 6.17. The molecule has 4 heteroatoms. The van der Waals surface area contributed by atoms with Gasteiger partial charge in [-0.05, 0) is 38.6 Å². The van der Waals surface area contributed by atoms with Crippen molar-refractivity contribution in [1.82, 2.24) is 0 Å². The third-order valence-electron chi connectivity index (χ3n) is 3.07. The van der Waals surface area contributed by atoms with Gasteiger partial charge in [0.2, 0.25) is 0 Å². The molecule has 0 aliphatic rings. The molecule has 2 nitrogen and oxygen atoms in total.